The van der Waals surface area contributed by atoms with Gasteiger partial charge in [0, 0.05) is 18.2 Å². The van der Waals surface area contributed by atoms with Gasteiger partial charge >= 0.3 is 5.97 Å². The molecule has 0 saturated heterocycles. The Balaban J connectivity index is 1.78. The first kappa shape index (κ1) is 18.6. The van der Waals surface area contributed by atoms with E-state index in [0.717, 1.165) is 31.0 Å². The normalized spacial score (nSPS) is 14.1. The number of thioether (sulfide) groups is 1. The zero-order valence-corrected chi connectivity index (χ0v) is 14.9. The molecule has 1 aromatic heterocycles. The fourth-order valence-electron chi connectivity index (χ4n) is 2.60. The van der Waals surface area contributed by atoms with Crippen molar-refractivity contribution in [1.29, 1.82) is 0 Å². The highest BCUT2D eigenvalue weighted by molar-refractivity contribution is 7.99. The summed E-state index contributed by atoms with van der Waals surface area (Å²) in [7, 11) is 0. The number of rotatable bonds is 8. The highest BCUT2D eigenvalue weighted by atomic mass is 32.2. The fraction of sp³-hybridized carbons (Fsp3) is 0.368. The van der Waals surface area contributed by atoms with Gasteiger partial charge in [0.2, 0.25) is 5.88 Å². The second-order valence-corrected chi connectivity index (χ2v) is 7.25. The third-order valence-corrected chi connectivity index (χ3v) is 5.36. The molecule has 0 atom stereocenters. The smallest absolute Gasteiger partial charge is 0.303 e. The zero-order valence-electron chi connectivity index (χ0n) is 14.1. The van der Waals surface area contributed by atoms with Crippen LogP contribution >= 0.6 is 11.8 Å². The number of pyridine rings is 1. The Kier molecular flexibility index (Phi) is 6.08. The molecule has 26 heavy (non-hydrogen) atoms. The molecule has 0 unspecified atom stereocenters. The molecule has 1 aliphatic carbocycles. The van der Waals surface area contributed by atoms with Crippen molar-refractivity contribution < 1.29 is 23.4 Å². The molecule has 3 rings (SSSR count). The first-order valence-electron chi connectivity index (χ1n) is 8.50. The van der Waals surface area contributed by atoms with Gasteiger partial charge in [0.1, 0.15) is 17.7 Å². The number of nitrogens with zero attached hydrogens (tertiary/aromatic N) is 1. The van der Waals surface area contributed by atoms with E-state index in [1.165, 1.54) is 12.1 Å². The summed E-state index contributed by atoms with van der Waals surface area (Å²) >= 11 is 0.987. The second kappa shape index (κ2) is 8.49. The van der Waals surface area contributed by atoms with Crippen molar-refractivity contribution in [1.82, 2.24) is 4.98 Å². The topological polar surface area (TPSA) is 59.4 Å². The van der Waals surface area contributed by atoms with Crippen molar-refractivity contribution in [2.75, 3.05) is 5.75 Å². The van der Waals surface area contributed by atoms with Crippen LogP contribution in [0.1, 0.15) is 32.1 Å². The van der Waals surface area contributed by atoms with Crippen molar-refractivity contribution in [2.45, 2.75) is 43.1 Å². The van der Waals surface area contributed by atoms with Crippen LogP contribution in [0.2, 0.25) is 0 Å². The van der Waals surface area contributed by atoms with Crippen molar-refractivity contribution in [3.63, 3.8) is 0 Å². The summed E-state index contributed by atoms with van der Waals surface area (Å²) < 4.78 is 34.7. The largest absolute Gasteiger partial charge is 0.481 e. The molecule has 138 valence electrons. The molecule has 4 nitrogen and oxygen atoms in total. The van der Waals surface area contributed by atoms with Crippen LogP contribution in [-0.2, 0) is 4.79 Å². The monoisotopic (exact) mass is 379 g/mol. The van der Waals surface area contributed by atoms with Gasteiger partial charge in [-0.15, -0.1) is 11.8 Å². The minimum atomic E-state index is -0.919. The molecule has 2 aromatic rings. The predicted octanol–water partition coefficient (Wildman–Crippen LogP) is 4.92. The first-order valence-corrected chi connectivity index (χ1v) is 9.49. The van der Waals surface area contributed by atoms with E-state index in [9.17, 15) is 13.6 Å². The zero-order chi connectivity index (χ0) is 18.5. The van der Waals surface area contributed by atoms with Gasteiger partial charge in [0.05, 0.1) is 4.90 Å². The number of carboxylic acids is 1. The van der Waals surface area contributed by atoms with Crippen LogP contribution in [-0.4, -0.2) is 27.9 Å². The predicted molar refractivity (Wildman–Crippen MR) is 95.4 cm³/mol. The Hall–Kier alpha value is -2.15. The SMILES string of the molecule is O=C(O)CCCSc1c(F)cc(-c2cccnc2OC2CCC2)cc1F. The van der Waals surface area contributed by atoms with Gasteiger partial charge in [0.25, 0.3) is 0 Å². The maximum Gasteiger partial charge on any atom is 0.303 e. The molecule has 1 N–H and O–H groups in total. The average Bonchev–Trinajstić information content (AvgIpc) is 2.56. The van der Waals surface area contributed by atoms with E-state index in [2.05, 4.69) is 4.98 Å². The van der Waals surface area contributed by atoms with Crippen molar-refractivity contribution in [3.8, 4) is 17.0 Å². The van der Waals surface area contributed by atoms with Crippen LogP contribution in [0.5, 0.6) is 5.88 Å². The summed E-state index contributed by atoms with van der Waals surface area (Å²) in [5.41, 5.74) is 0.928. The van der Waals surface area contributed by atoms with Gasteiger partial charge in [-0.1, -0.05) is 0 Å². The van der Waals surface area contributed by atoms with Gasteiger partial charge in [-0.25, -0.2) is 13.8 Å². The van der Waals surface area contributed by atoms with E-state index in [-0.39, 0.29) is 17.4 Å². The number of halogens is 2. The second-order valence-electron chi connectivity index (χ2n) is 6.14. The summed E-state index contributed by atoms with van der Waals surface area (Å²) in [5.74, 6) is -1.53. The molecule has 1 heterocycles. The number of aromatic nitrogens is 1. The van der Waals surface area contributed by atoms with Gasteiger partial charge in [0.15, 0.2) is 0 Å². The van der Waals surface area contributed by atoms with Crippen molar-refractivity contribution in [3.05, 3.63) is 42.1 Å². The summed E-state index contributed by atoms with van der Waals surface area (Å²) in [6, 6.07) is 5.97. The number of hydrogen-bond acceptors (Lipinski definition) is 4. The Morgan fingerprint density at radius 3 is 2.65 bits per heavy atom. The Morgan fingerprint density at radius 2 is 2.04 bits per heavy atom. The summed E-state index contributed by atoms with van der Waals surface area (Å²) in [6.07, 6.45) is 5.08. The van der Waals surface area contributed by atoms with Gasteiger partial charge in [-0.2, -0.15) is 0 Å². The highest BCUT2D eigenvalue weighted by Gasteiger charge is 2.22. The molecule has 0 aliphatic heterocycles. The van der Waals surface area contributed by atoms with Crippen LogP contribution in [0.3, 0.4) is 0 Å². The van der Waals surface area contributed by atoms with E-state index in [4.69, 9.17) is 9.84 Å². The first-order chi connectivity index (χ1) is 12.5. The summed E-state index contributed by atoms with van der Waals surface area (Å²) in [6.45, 7) is 0. The maximum absolute atomic E-state index is 14.4. The molecule has 7 heteroatoms. The molecule has 0 amide bonds. The summed E-state index contributed by atoms with van der Waals surface area (Å²) in [4.78, 5) is 14.6. The lowest BCUT2D eigenvalue weighted by atomic mass is 9.96. The van der Waals surface area contributed by atoms with E-state index in [0.29, 0.717) is 29.2 Å². The molecule has 1 aliphatic rings. The van der Waals surface area contributed by atoms with E-state index in [1.54, 1.807) is 18.3 Å². The molecule has 1 saturated carbocycles. The summed E-state index contributed by atoms with van der Waals surface area (Å²) in [5, 5.41) is 8.62. The molecule has 1 fully saturated rings. The number of hydrogen-bond donors (Lipinski definition) is 1. The standard InChI is InChI=1S/C19H19F2NO3S/c20-15-10-12(11-16(21)18(15)26-9-3-7-17(23)24)14-6-2-8-22-19(14)25-13-4-1-5-13/h2,6,8,10-11,13H,1,3-5,7,9H2,(H,23,24). The maximum atomic E-state index is 14.4. The molecule has 1 aromatic carbocycles. The minimum absolute atomic E-state index is 0.0220. The van der Waals surface area contributed by atoms with Crippen molar-refractivity contribution in [2.24, 2.45) is 0 Å². The van der Waals surface area contributed by atoms with Gasteiger partial charge in [-0.3, -0.25) is 4.79 Å². The van der Waals surface area contributed by atoms with Gasteiger partial charge in [-0.05, 0) is 61.3 Å². The number of ether oxygens (including phenoxy) is 1. The Morgan fingerprint density at radius 1 is 1.31 bits per heavy atom. The molecule has 0 radical (unpaired) electrons. The van der Waals surface area contributed by atoms with Crippen LogP contribution in [0.4, 0.5) is 8.78 Å². The quantitative estimate of drug-likeness (QED) is 0.521. The lowest BCUT2D eigenvalue weighted by Crippen LogP contribution is -2.25. The van der Waals surface area contributed by atoms with E-state index >= 15 is 0 Å². The van der Waals surface area contributed by atoms with E-state index < -0.39 is 17.6 Å². The minimum Gasteiger partial charge on any atom is -0.481 e. The van der Waals surface area contributed by atoms with Gasteiger partial charge < -0.3 is 9.84 Å². The number of aliphatic carboxylic acids is 1. The third kappa shape index (κ3) is 4.52. The lowest BCUT2D eigenvalue weighted by molar-refractivity contribution is -0.137. The number of benzene rings is 1. The molecular formula is C19H19F2NO3S. The van der Waals surface area contributed by atoms with E-state index in [1.807, 2.05) is 0 Å². The Bertz CT molecular complexity index is 773. The van der Waals surface area contributed by atoms with Crippen molar-refractivity contribution >= 4 is 17.7 Å². The number of carboxylic acid groups (broad SMARTS) is 1. The third-order valence-electron chi connectivity index (χ3n) is 4.19. The highest BCUT2D eigenvalue weighted by Crippen LogP contribution is 2.35. The number of carbonyl (C=O) groups is 1. The molecule has 0 bridgehead atoms. The molecule has 0 spiro atoms. The van der Waals surface area contributed by atoms with Crippen LogP contribution in [0, 0.1) is 11.6 Å². The lowest BCUT2D eigenvalue weighted by Gasteiger charge is -2.26. The van der Waals surface area contributed by atoms with Crippen LogP contribution in [0.25, 0.3) is 11.1 Å². The van der Waals surface area contributed by atoms with Crippen LogP contribution < -0.4 is 4.74 Å². The Labute approximate surface area is 154 Å². The molecular weight excluding hydrogens is 360 g/mol. The average molecular weight is 379 g/mol. The van der Waals surface area contributed by atoms with Crippen LogP contribution in [0.15, 0.2) is 35.4 Å². The fourth-order valence-corrected chi connectivity index (χ4v) is 3.49.